The molecule has 1 aliphatic rings. The van der Waals surface area contributed by atoms with Gasteiger partial charge in [-0.2, -0.15) is 0 Å². The quantitative estimate of drug-likeness (QED) is 0.780. The fourth-order valence-electron chi connectivity index (χ4n) is 2.88. The van der Waals surface area contributed by atoms with E-state index in [1.807, 2.05) is 0 Å². The number of halogens is 1. The summed E-state index contributed by atoms with van der Waals surface area (Å²) in [5.41, 5.74) is 1.92. The van der Waals surface area contributed by atoms with Crippen LogP contribution in [0.3, 0.4) is 0 Å². The minimum atomic E-state index is -0.272. The van der Waals surface area contributed by atoms with Crippen LogP contribution >= 0.6 is 11.3 Å². The molecule has 0 radical (unpaired) electrons. The first-order valence-corrected chi connectivity index (χ1v) is 8.05. The van der Waals surface area contributed by atoms with Gasteiger partial charge in [-0.05, 0) is 49.1 Å². The number of aryl methyl sites for hydroxylation is 2. The Morgan fingerprint density at radius 2 is 2.09 bits per heavy atom. The highest BCUT2D eigenvalue weighted by molar-refractivity contribution is 7.18. The molecule has 2 aromatic heterocycles. The zero-order valence-corrected chi connectivity index (χ0v) is 12.6. The summed E-state index contributed by atoms with van der Waals surface area (Å²) >= 11 is 1.63. The maximum atomic E-state index is 12.9. The molecule has 0 unspecified atom stereocenters. The molecule has 2 heterocycles. The van der Waals surface area contributed by atoms with Crippen molar-refractivity contribution in [3.8, 4) is 0 Å². The maximum Gasteiger partial charge on any atom is 0.259 e. The second-order valence-electron chi connectivity index (χ2n) is 5.41. The van der Waals surface area contributed by atoms with Crippen LogP contribution in [-0.2, 0) is 19.4 Å². The molecule has 0 bridgehead atoms. The van der Waals surface area contributed by atoms with E-state index < -0.39 is 0 Å². The summed E-state index contributed by atoms with van der Waals surface area (Å²) in [5, 5.41) is 3.90. The van der Waals surface area contributed by atoms with Crippen LogP contribution in [0, 0.1) is 5.82 Å². The number of benzene rings is 1. The molecular formula is C16H14FN3OS. The van der Waals surface area contributed by atoms with E-state index in [9.17, 15) is 9.18 Å². The molecule has 0 saturated carbocycles. The van der Waals surface area contributed by atoms with Gasteiger partial charge in [0.15, 0.2) is 0 Å². The van der Waals surface area contributed by atoms with Crippen molar-refractivity contribution in [3.63, 3.8) is 0 Å². The summed E-state index contributed by atoms with van der Waals surface area (Å²) in [6.07, 6.45) is 3.16. The number of H-pyrrole nitrogens is 1. The van der Waals surface area contributed by atoms with Gasteiger partial charge >= 0.3 is 0 Å². The highest BCUT2D eigenvalue weighted by atomic mass is 32.1. The summed E-state index contributed by atoms with van der Waals surface area (Å²) in [7, 11) is 0. The number of nitrogens with one attached hydrogen (secondary N) is 2. The zero-order valence-electron chi connectivity index (χ0n) is 11.8. The second-order valence-corrected chi connectivity index (χ2v) is 6.49. The first-order chi connectivity index (χ1) is 10.7. The fourth-order valence-corrected chi connectivity index (χ4v) is 4.17. The average Bonchev–Trinajstić information content (AvgIpc) is 3.06. The largest absolute Gasteiger partial charge is 0.378 e. The van der Waals surface area contributed by atoms with E-state index >= 15 is 0 Å². The van der Waals surface area contributed by atoms with Crippen LogP contribution in [-0.4, -0.2) is 9.97 Å². The lowest BCUT2D eigenvalue weighted by molar-refractivity contribution is 0.628. The molecule has 0 atom stereocenters. The molecule has 0 fully saturated rings. The van der Waals surface area contributed by atoms with E-state index in [4.69, 9.17) is 0 Å². The van der Waals surface area contributed by atoms with Crippen molar-refractivity contribution in [1.82, 2.24) is 9.97 Å². The molecular weight excluding hydrogens is 301 g/mol. The topological polar surface area (TPSA) is 57.8 Å². The van der Waals surface area contributed by atoms with Crippen LogP contribution in [0.5, 0.6) is 0 Å². The number of anilines is 1. The van der Waals surface area contributed by atoms with Crippen LogP contribution in [0.2, 0.25) is 0 Å². The molecule has 22 heavy (non-hydrogen) atoms. The van der Waals surface area contributed by atoms with Crippen molar-refractivity contribution in [3.05, 3.63) is 56.7 Å². The third kappa shape index (κ3) is 2.29. The molecule has 6 heteroatoms. The predicted molar refractivity (Wildman–Crippen MR) is 86.0 cm³/mol. The molecule has 0 saturated heterocycles. The van der Waals surface area contributed by atoms with Gasteiger partial charge in [0.05, 0.1) is 11.9 Å². The highest BCUT2D eigenvalue weighted by Gasteiger charge is 2.20. The number of rotatable bonds is 3. The monoisotopic (exact) mass is 315 g/mol. The molecule has 0 amide bonds. The SMILES string of the molecule is O=c1[nH]c(CNc2ccc(F)cc2)nc2sc3c(c12)CCC3. The van der Waals surface area contributed by atoms with E-state index in [1.54, 1.807) is 23.5 Å². The lowest BCUT2D eigenvalue weighted by Crippen LogP contribution is -2.14. The Labute approximate surface area is 130 Å². The summed E-state index contributed by atoms with van der Waals surface area (Å²) in [6, 6.07) is 6.11. The van der Waals surface area contributed by atoms with Gasteiger partial charge in [0, 0.05) is 10.6 Å². The van der Waals surface area contributed by atoms with Gasteiger partial charge in [-0.3, -0.25) is 4.79 Å². The molecule has 0 aliphatic heterocycles. The number of hydrogen-bond donors (Lipinski definition) is 2. The lowest BCUT2D eigenvalue weighted by atomic mass is 10.2. The highest BCUT2D eigenvalue weighted by Crippen LogP contribution is 2.34. The van der Waals surface area contributed by atoms with E-state index in [-0.39, 0.29) is 11.4 Å². The van der Waals surface area contributed by atoms with Crippen LogP contribution in [0.1, 0.15) is 22.7 Å². The summed E-state index contributed by atoms with van der Waals surface area (Å²) in [4.78, 5) is 21.8. The smallest absolute Gasteiger partial charge is 0.259 e. The van der Waals surface area contributed by atoms with Crippen molar-refractivity contribution in [1.29, 1.82) is 0 Å². The molecule has 3 aromatic rings. The zero-order chi connectivity index (χ0) is 15.1. The van der Waals surface area contributed by atoms with Crippen molar-refractivity contribution in [2.45, 2.75) is 25.8 Å². The van der Waals surface area contributed by atoms with Crippen LogP contribution in [0.25, 0.3) is 10.2 Å². The molecule has 0 spiro atoms. The van der Waals surface area contributed by atoms with Gasteiger partial charge in [0.1, 0.15) is 16.5 Å². The van der Waals surface area contributed by atoms with Crippen LogP contribution in [0.4, 0.5) is 10.1 Å². The second kappa shape index (κ2) is 5.21. The minimum absolute atomic E-state index is 0.0553. The molecule has 1 aromatic carbocycles. The normalized spacial score (nSPS) is 13.5. The van der Waals surface area contributed by atoms with E-state index in [1.165, 1.54) is 22.6 Å². The van der Waals surface area contributed by atoms with Crippen molar-refractivity contribution in [2.75, 3.05) is 5.32 Å². The first-order valence-electron chi connectivity index (χ1n) is 7.23. The van der Waals surface area contributed by atoms with E-state index in [0.717, 1.165) is 35.2 Å². The first kappa shape index (κ1) is 13.5. The van der Waals surface area contributed by atoms with Crippen molar-refractivity contribution >= 4 is 27.2 Å². The Morgan fingerprint density at radius 1 is 1.27 bits per heavy atom. The Kier molecular flexibility index (Phi) is 3.18. The van der Waals surface area contributed by atoms with Gasteiger partial charge in [-0.25, -0.2) is 9.37 Å². The molecule has 4 nitrogen and oxygen atoms in total. The van der Waals surface area contributed by atoms with E-state index in [2.05, 4.69) is 15.3 Å². The van der Waals surface area contributed by atoms with Gasteiger partial charge in [0.25, 0.3) is 5.56 Å². The fraction of sp³-hybridized carbons (Fsp3) is 0.250. The third-order valence-corrected chi connectivity index (χ3v) is 5.11. The van der Waals surface area contributed by atoms with Gasteiger partial charge < -0.3 is 10.3 Å². The number of thiophene rings is 1. The van der Waals surface area contributed by atoms with Crippen LogP contribution in [0.15, 0.2) is 29.1 Å². The predicted octanol–water partition coefficient (Wildman–Crippen LogP) is 3.22. The molecule has 1 aliphatic carbocycles. The summed E-state index contributed by atoms with van der Waals surface area (Å²) in [6.45, 7) is 0.402. The number of nitrogens with zero attached hydrogens (tertiary/aromatic N) is 1. The number of aromatic amines is 1. The third-order valence-electron chi connectivity index (χ3n) is 3.93. The number of hydrogen-bond acceptors (Lipinski definition) is 4. The maximum absolute atomic E-state index is 12.9. The minimum Gasteiger partial charge on any atom is -0.378 e. The van der Waals surface area contributed by atoms with Gasteiger partial charge in [0.2, 0.25) is 0 Å². The Bertz CT molecular complexity index is 898. The standard InChI is InChI=1S/C16H14FN3OS/c17-9-4-6-10(7-5-9)18-8-13-19-15(21)14-11-2-1-3-12(11)22-16(14)20-13/h4-7,18H,1-3,8H2,(H,19,20,21). The summed E-state index contributed by atoms with van der Waals surface area (Å²) in [5.74, 6) is 0.327. The Balaban J connectivity index is 1.63. The summed E-state index contributed by atoms with van der Waals surface area (Å²) < 4.78 is 12.9. The van der Waals surface area contributed by atoms with Crippen LogP contribution < -0.4 is 10.9 Å². The Morgan fingerprint density at radius 3 is 2.91 bits per heavy atom. The number of fused-ring (bicyclic) bond motifs is 3. The lowest BCUT2D eigenvalue weighted by Gasteiger charge is -2.06. The van der Waals surface area contributed by atoms with Crippen molar-refractivity contribution < 1.29 is 4.39 Å². The molecule has 2 N–H and O–H groups in total. The van der Waals surface area contributed by atoms with E-state index in [0.29, 0.717) is 12.4 Å². The average molecular weight is 315 g/mol. The van der Waals surface area contributed by atoms with Gasteiger partial charge in [-0.15, -0.1) is 11.3 Å². The number of aromatic nitrogens is 2. The Hall–Kier alpha value is -2.21. The molecule has 4 rings (SSSR count). The van der Waals surface area contributed by atoms with Gasteiger partial charge in [-0.1, -0.05) is 0 Å². The van der Waals surface area contributed by atoms with Crippen molar-refractivity contribution in [2.24, 2.45) is 0 Å². The molecule has 112 valence electrons.